The van der Waals surface area contributed by atoms with Crippen LogP contribution in [0.1, 0.15) is 48.9 Å². The lowest BCUT2D eigenvalue weighted by Gasteiger charge is -2.22. The van der Waals surface area contributed by atoms with Gasteiger partial charge in [0.1, 0.15) is 5.82 Å². The largest absolute Gasteiger partial charge is 0.363 e. The first kappa shape index (κ1) is 14.6. The van der Waals surface area contributed by atoms with Gasteiger partial charge in [0.15, 0.2) is 0 Å². The van der Waals surface area contributed by atoms with Crippen molar-refractivity contribution >= 4 is 5.82 Å². The standard InChI is InChI=1S/C18H24N2/c1-4-5-12-17(16-11-7-6-9-14(16)2)20-18-15(3)10-8-13-19-18/h6-11,13,17H,4-5,12H2,1-3H3,(H,19,20). The number of nitrogens with zero attached hydrogens (tertiary/aromatic N) is 1. The predicted molar refractivity (Wildman–Crippen MR) is 86.0 cm³/mol. The molecule has 2 aromatic rings. The van der Waals surface area contributed by atoms with E-state index in [1.165, 1.54) is 29.5 Å². The van der Waals surface area contributed by atoms with Crippen molar-refractivity contribution in [2.45, 2.75) is 46.1 Å². The van der Waals surface area contributed by atoms with Crippen LogP contribution >= 0.6 is 0 Å². The highest BCUT2D eigenvalue weighted by Gasteiger charge is 2.14. The molecule has 106 valence electrons. The number of benzene rings is 1. The fraction of sp³-hybridized carbons (Fsp3) is 0.389. The Labute approximate surface area is 122 Å². The van der Waals surface area contributed by atoms with Gasteiger partial charge in [0.25, 0.3) is 0 Å². The van der Waals surface area contributed by atoms with E-state index < -0.39 is 0 Å². The number of hydrogen-bond donors (Lipinski definition) is 1. The van der Waals surface area contributed by atoms with Crippen LogP contribution in [0.4, 0.5) is 5.82 Å². The number of rotatable bonds is 6. The molecule has 0 aliphatic carbocycles. The molecule has 0 saturated heterocycles. The van der Waals surface area contributed by atoms with Gasteiger partial charge in [0.2, 0.25) is 0 Å². The van der Waals surface area contributed by atoms with Gasteiger partial charge in [-0.25, -0.2) is 4.98 Å². The zero-order valence-electron chi connectivity index (χ0n) is 12.7. The summed E-state index contributed by atoms with van der Waals surface area (Å²) in [6, 6.07) is 13.0. The van der Waals surface area contributed by atoms with Crippen molar-refractivity contribution in [3.63, 3.8) is 0 Å². The first-order chi connectivity index (χ1) is 9.72. The Kier molecular flexibility index (Phi) is 5.16. The summed E-state index contributed by atoms with van der Waals surface area (Å²) >= 11 is 0. The number of pyridine rings is 1. The predicted octanol–water partition coefficient (Wildman–Crippen LogP) is 5.04. The van der Waals surface area contributed by atoms with Crippen molar-refractivity contribution in [2.75, 3.05) is 5.32 Å². The summed E-state index contributed by atoms with van der Waals surface area (Å²) in [6.45, 7) is 6.52. The van der Waals surface area contributed by atoms with Gasteiger partial charge in [-0.3, -0.25) is 0 Å². The maximum atomic E-state index is 4.47. The molecule has 1 N–H and O–H groups in total. The van der Waals surface area contributed by atoms with Crippen LogP contribution in [-0.2, 0) is 0 Å². The number of unbranched alkanes of at least 4 members (excludes halogenated alkanes) is 1. The summed E-state index contributed by atoms with van der Waals surface area (Å²) in [5.41, 5.74) is 3.92. The molecule has 0 aliphatic rings. The molecule has 0 saturated carbocycles. The first-order valence-corrected chi connectivity index (χ1v) is 7.46. The molecule has 20 heavy (non-hydrogen) atoms. The molecule has 0 amide bonds. The highest BCUT2D eigenvalue weighted by molar-refractivity contribution is 5.46. The lowest BCUT2D eigenvalue weighted by molar-refractivity contribution is 0.629. The molecule has 0 bridgehead atoms. The molecule has 0 spiro atoms. The van der Waals surface area contributed by atoms with Crippen molar-refractivity contribution in [2.24, 2.45) is 0 Å². The van der Waals surface area contributed by atoms with E-state index in [2.05, 4.69) is 61.4 Å². The zero-order chi connectivity index (χ0) is 14.4. The van der Waals surface area contributed by atoms with Crippen molar-refractivity contribution in [1.29, 1.82) is 0 Å². The highest BCUT2D eigenvalue weighted by atomic mass is 15.0. The number of aryl methyl sites for hydroxylation is 2. The fourth-order valence-electron chi connectivity index (χ4n) is 2.49. The summed E-state index contributed by atoms with van der Waals surface area (Å²) in [6.07, 6.45) is 5.42. The molecule has 2 heteroatoms. The maximum absolute atomic E-state index is 4.47. The van der Waals surface area contributed by atoms with Crippen molar-refractivity contribution in [3.05, 3.63) is 59.3 Å². The Morgan fingerprint density at radius 1 is 1.05 bits per heavy atom. The third-order valence-corrected chi connectivity index (χ3v) is 3.73. The van der Waals surface area contributed by atoms with E-state index in [1.807, 2.05) is 12.3 Å². The van der Waals surface area contributed by atoms with Crippen molar-refractivity contribution in [3.8, 4) is 0 Å². The normalized spacial score (nSPS) is 12.2. The summed E-state index contributed by atoms with van der Waals surface area (Å²) in [7, 11) is 0. The van der Waals surface area contributed by atoms with Crippen molar-refractivity contribution < 1.29 is 0 Å². The minimum Gasteiger partial charge on any atom is -0.363 e. The Hall–Kier alpha value is -1.83. The summed E-state index contributed by atoms with van der Waals surface area (Å²) in [5.74, 6) is 0.997. The number of hydrogen-bond acceptors (Lipinski definition) is 2. The average molecular weight is 268 g/mol. The van der Waals surface area contributed by atoms with Gasteiger partial charge >= 0.3 is 0 Å². The van der Waals surface area contributed by atoms with Gasteiger partial charge in [-0.1, -0.05) is 50.1 Å². The molecule has 1 aromatic heterocycles. The SMILES string of the molecule is CCCCC(Nc1ncccc1C)c1ccccc1C. The lowest BCUT2D eigenvalue weighted by Crippen LogP contribution is -2.14. The smallest absolute Gasteiger partial charge is 0.129 e. The van der Waals surface area contributed by atoms with E-state index in [0.29, 0.717) is 6.04 Å². The van der Waals surface area contributed by atoms with E-state index in [4.69, 9.17) is 0 Å². The van der Waals surface area contributed by atoms with E-state index >= 15 is 0 Å². The van der Waals surface area contributed by atoms with Crippen LogP contribution in [0.25, 0.3) is 0 Å². The molecule has 2 nitrogen and oxygen atoms in total. The minimum atomic E-state index is 0.338. The van der Waals surface area contributed by atoms with Gasteiger partial charge in [0.05, 0.1) is 6.04 Å². The fourth-order valence-corrected chi connectivity index (χ4v) is 2.49. The Morgan fingerprint density at radius 3 is 2.50 bits per heavy atom. The lowest BCUT2D eigenvalue weighted by atomic mass is 9.97. The molecule has 1 atom stereocenters. The number of nitrogens with one attached hydrogen (secondary N) is 1. The molecule has 1 heterocycles. The topological polar surface area (TPSA) is 24.9 Å². The number of aromatic nitrogens is 1. The van der Waals surface area contributed by atoms with Gasteiger partial charge in [-0.05, 0) is 43.0 Å². The quantitative estimate of drug-likeness (QED) is 0.793. The Bertz CT molecular complexity index is 549. The van der Waals surface area contributed by atoms with Gasteiger partial charge < -0.3 is 5.32 Å². The van der Waals surface area contributed by atoms with Crippen LogP contribution in [0.15, 0.2) is 42.6 Å². The van der Waals surface area contributed by atoms with Crippen LogP contribution in [0.2, 0.25) is 0 Å². The second kappa shape index (κ2) is 7.09. The summed E-state index contributed by atoms with van der Waals surface area (Å²) in [5, 5.41) is 3.63. The molecule has 0 fully saturated rings. The summed E-state index contributed by atoms with van der Waals surface area (Å²) in [4.78, 5) is 4.47. The Morgan fingerprint density at radius 2 is 1.80 bits per heavy atom. The third-order valence-electron chi connectivity index (χ3n) is 3.73. The average Bonchev–Trinajstić information content (AvgIpc) is 2.46. The maximum Gasteiger partial charge on any atom is 0.129 e. The van der Waals surface area contributed by atoms with Crippen LogP contribution in [-0.4, -0.2) is 4.98 Å². The zero-order valence-corrected chi connectivity index (χ0v) is 12.7. The molecule has 2 rings (SSSR count). The highest BCUT2D eigenvalue weighted by Crippen LogP contribution is 2.27. The van der Waals surface area contributed by atoms with Crippen LogP contribution in [0, 0.1) is 13.8 Å². The van der Waals surface area contributed by atoms with Gasteiger partial charge in [-0.2, -0.15) is 0 Å². The van der Waals surface area contributed by atoms with E-state index in [9.17, 15) is 0 Å². The second-order valence-electron chi connectivity index (χ2n) is 5.36. The minimum absolute atomic E-state index is 0.338. The van der Waals surface area contributed by atoms with Crippen LogP contribution in [0.5, 0.6) is 0 Å². The van der Waals surface area contributed by atoms with Crippen LogP contribution in [0.3, 0.4) is 0 Å². The van der Waals surface area contributed by atoms with Crippen LogP contribution < -0.4 is 5.32 Å². The second-order valence-corrected chi connectivity index (χ2v) is 5.36. The van der Waals surface area contributed by atoms with E-state index in [-0.39, 0.29) is 0 Å². The van der Waals surface area contributed by atoms with Crippen molar-refractivity contribution in [1.82, 2.24) is 4.98 Å². The first-order valence-electron chi connectivity index (χ1n) is 7.46. The molecule has 1 unspecified atom stereocenters. The third kappa shape index (κ3) is 3.60. The molecular weight excluding hydrogens is 244 g/mol. The van der Waals surface area contributed by atoms with E-state index in [0.717, 1.165) is 12.2 Å². The Balaban J connectivity index is 2.24. The molecule has 0 radical (unpaired) electrons. The van der Waals surface area contributed by atoms with Gasteiger partial charge in [-0.15, -0.1) is 0 Å². The number of anilines is 1. The van der Waals surface area contributed by atoms with Gasteiger partial charge in [0, 0.05) is 6.20 Å². The molecular formula is C18H24N2. The molecule has 0 aliphatic heterocycles. The summed E-state index contributed by atoms with van der Waals surface area (Å²) < 4.78 is 0. The van der Waals surface area contributed by atoms with E-state index in [1.54, 1.807) is 0 Å². The monoisotopic (exact) mass is 268 g/mol. The molecule has 1 aromatic carbocycles.